The van der Waals surface area contributed by atoms with E-state index in [1.165, 1.54) is 28.3 Å². The van der Waals surface area contributed by atoms with Gasteiger partial charge in [-0.1, -0.05) is 61.2 Å². The van der Waals surface area contributed by atoms with E-state index in [0.29, 0.717) is 5.92 Å². The minimum atomic E-state index is -0.170. The lowest BCUT2D eigenvalue weighted by atomic mass is 9.66. The summed E-state index contributed by atoms with van der Waals surface area (Å²) in [6.45, 7) is 2.36. The van der Waals surface area contributed by atoms with Crippen molar-refractivity contribution >= 4 is 10.8 Å². The summed E-state index contributed by atoms with van der Waals surface area (Å²) in [6, 6.07) is 21.2. The average molecular weight is 352 g/mol. The number of benzene rings is 3. The first-order valence-corrected chi connectivity index (χ1v) is 9.94. The van der Waals surface area contributed by atoms with Crippen molar-refractivity contribution < 1.29 is 5.11 Å². The van der Waals surface area contributed by atoms with Crippen molar-refractivity contribution in [1.29, 1.82) is 0 Å². The summed E-state index contributed by atoms with van der Waals surface area (Å²) < 4.78 is 0. The molecule has 2 aliphatic carbocycles. The Hall–Kier alpha value is -2.56. The smallest absolute Gasteiger partial charge is 0.0551 e. The molecule has 0 amide bonds. The predicted octanol–water partition coefficient (Wildman–Crippen LogP) is 5.43. The van der Waals surface area contributed by atoms with Crippen LogP contribution in [0.3, 0.4) is 0 Å². The number of hydrogen-bond acceptors (Lipinski definition) is 1. The normalized spacial score (nSPS) is 26.1. The molecule has 1 saturated carbocycles. The van der Waals surface area contributed by atoms with Crippen molar-refractivity contribution in [2.75, 3.05) is 0 Å². The van der Waals surface area contributed by atoms with Gasteiger partial charge >= 0.3 is 0 Å². The van der Waals surface area contributed by atoms with Crippen molar-refractivity contribution in [1.82, 2.24) is 0 Å². The van der Waals surface area contributed by atoms with E-state index in [1.54, 1.807) is 0 Å². The molecule has 0 bridgehead atoms. The van der Waals surface area contributed by atoms with Crippen LogP contribution < -0.4 is 0 Å². The third-order valence-corrected chi connectivity index (χ3v) is 6.68. The molecule has 1 N–H and O–H groups in total. The molecule has 0 saturated heterocycles. The fourth-order valence-corrected chi connectivity index (χ4v) is 5.32. The lowest BCUT2D eigenvalue weighted by Gasteiger charge is -2.38. The second-order valence-corrected chi connectivity index (χ2v) is 8.45. The van der Waals surface area contributed by atoms with Crippen LogP contribution >= 0.6 is 0 Å². The first-order chi connectivity index (χ1) is 13.1. The molecule has 1 heteroatoms. The fourth-order valence-electron chi connectivity index (χ4n) is 5.32. The molecule has 0 spiro atoms. The van der Waals surface area contributed by atoms with E-state index < -0.39 is 0 Å². The third-order valence-electron chi connectivity index (χ3n) is 6.68. The zero-order valence-corrected chi connectivity index (χ0v) is 15.7. The zero-order valence-electron chi connectivity index (χ0n) is 15.7. The number of aliphatic hydroxyl groups is 1. The van der Waals surface area contributed by atoms with E-state index in [2.05, 4.69) is 61.2 Å². The highest BCUT2D eigenvalue weighted by Gasteiger charge is 2.47. The molecule has 0 aliphatic heterocycles. The lowest BCUT2D eigenvalue weighted by Crippen LogP contribution is -2.27. The Kier molecular flexibility index (Phi) is 3.85. The second kappa shape index (κ2) is 6.25. The highest BCUT2D eigenvalue weighted by Crippen LogP contribution is 2.56. The molecule has 0 heterocycles. The molecular weight excluding hydrogens is 328 g/mol. The van der Waals surface area contributed by atoms with Crippen LogP contribution in [-0.2, 0) is 6.42 Å². The largest absolute Gasteiger partial charge is 0.393 e. The maximum absolute atomic E-state index is 10.4. The number of hydrogen-bond donors (Lipinski definition) is 1. The second-order valence-electron chi connectivity index (χ2n) is 8.45. The summed E-state index contributed by atoms with van der Waals surface area (Å²) >= 11 is 0. The Morgan fingerprint density at radius 1 is 0.963 bits per heavy atom. The molecule has 5 rings (SSSR count). The van der Waals surface area contributed by atoms with Crippen molar-refractivity contribution in [2.24, 2.45) is 5.41 Å². The van der Waals surface area contributed by atoms with Crippen LogP contribution in [0.1, 0.15) is 54.4 Å². The molecule has 2 aliphatic rings. The summed E-state index contributed by atoms with van der Waals surface area (Å²) in [7, 11) is 0. The third kappa shape index (κ3) is 2.76. The molecular formula is C26H24O. The van der Waals surface area contributed by atoms with Crippen LogP contribution in [0, 0.1) is 17.3 Å². The van der Waals surface area contributed by atoms with Crippen LogP contribution in [-0.4, -0.2) is 11.2 Å². The van der Waals surface area contributed by atoms with Crippen molar-refractivity contribution in [3.63, 3.8) is 0 Å². The Morgan fingerprint density at radius 3 is 2.52 bits per heavy atom. The minimum absolute atomic E-state index is 0.170. The van der Waals surface area contributed by atoms with Crippen molar-refractivity contribution in [3.8, 4) is 11.8 Å². The molecule has 1 fully saturated rings. The zero-order chi connectivity index (χ0) is 18.4. The predicted molar refractivity (Wildman–Crippen MR) is 111 cm³/mol. The molecule has 134 valence electrons. The highest BCUT2D eigenvalue weighted by molar-refractivity contribution is 5.92. The van der Waals surface area contributed by atoms with Crippen LogP contribution in [0.15, 0.2) is 60.7 Å². The van der Waals surface area contributed by atoms with Crippen LogP contribution in [0.4, 0.5) is 0 Å². The Labute approximate surface area is 161 Å². The van der Waals surface area contributed by atoms with E-state index in [9.17, 15) is 5.11 Å². The SMILES string of the molecule is CC12CCc3c(cc(C#Cc4ccccc4)c4ccccc34)C1CC(O)C2. The molecule has 0 radical (unpaired) electrons. The quantitative estimate of drug-likeness (QED) is 0.535. The average Bonchev–Trinajstić information content (AvgIpc) is 3.01. The minimum Gasteiger partial charge on any atom is -0.393 e. The molecule has 0 aromatic heterocycles. The van der Waals surface area contributed by atoms with E-state index in [0.717, 1.165) is 30.4 Å². The summed E-state index contributed by atoms with van der Waals surface area (Å²) in [5.74, 6) is 7.23. The Morgan fingerprint density at radius 2 is 1.70 bits per heavy atom. The monoisotopic (exact) mass is 352 g/mol. The van der Waals surface area contributed by atoms with Gasteiger partial charge in [-0.3, -0.25) is 0 Å². The maximum atomic E-state index is 10.4. The topological polar surface area (TPSA) is 20.2 Å². The van der Waals surface area contributed by atoms with E-state index >= 15 is 0 Å². The van der Waals surface area contributed by atoms with Gasteiger partial charge in [-0.25, -0.2) is 0 Å². The van der Waals surface area contributed by atoms with E-state index in [4.69, 9.17) is 0 Å². The fraction of sp³-hybridized carbons (Fsp3) is 0.308. The number of aryl methyl sites for hydroxylation is 1. The standard InChI is InChI=1S/C26H24O/c1-26-14-13-23-22-10-6-5-9-21(22)19(12-11-18-7-3-2-4-8-18)15-24(23)25(26)16-20(27)17-26/h2-10,15,20,25,27H,13-14,16-17H2,1H3. The summed E-state index contributed by atoms with van der Waals surface area (Å²) in [6.07, 6.45) is 3.90. The molecule has 3 aromatic rings. The first-order valence-electron chi connectivity index (χ1n) is 9.94. The summed E-state index contributed by atoms with van der Waals surface area (Å²) in [4.78, 5) is 0. The maximum Gasteiger partial charge on any atom is 0.0551 e. The Balaban J connectivity index is 1.70. The van der Waals surface area contributed by atoms with Gasteiger partial charge in [-0.05, 0) is 77.1 Å². The van der Waals surface area contributed by atoms with Gasteiger partial charge in [-0.2, -0.15) is 0 Å². The van der Waals surface area contributed by atoms with Gasteiger partial charge in [0, 0.05) is 11.1 Å². The molecule has 1 nitrogen and oxygen atoms in total. The van der Waals surface area contributed by atoms with Crippen LogP contribution in [0.2, 0.25) is 0 Å². The number of aliphatic hydroxyl groups excluding tert-OH is 1. The van der Waals surface area contributed by atoms with Crippen molar-refractivity contribution in [3.05, 3.63) is 82.9 Å². The van der Waals surface area contributed by atoms with Crippen LogP contribution in [0.5, 0.6) is 0 Å². The van der Waals surface area contributed by atoms with Gasteiger partial charge in [0.1, 0.15) is 0 Å². The van der Waals surface area contributed by atoms with Gasteiger partial charge in [0.05, 0.1) is 6.10 Å². The van der Waals surface area contributed by atoms with Gasteiger partial charge in [0.25, 0.3) is 0 Å². The summed E-state index contributed by atoms with van der Waals surface area (Å²) in [5.41, 5.74) is 5.28. The summed E-state index contributed by atoms with van der Waals surface area (Å²) in [5, 5.41) is 13.0. The molecule has 27 heavy (non-hydrogen) atoms. The van der Waals surface area contributed by atoms with Gasteiger partial charge in [0.15, 0.2) is 0 Å². The lowest BCUT2D eigenvalue weighted by molar-refractivity contribution is 0.159. The number of fused-ring (bicyclic) bond motifs is 5. The Bertz CT molecular complexity index is 1070. The van der Waals surface area contributed by atoms with Crippen LogP contribution in [0.25, 0.3) is 10.8 Å². The highest BCUT2D eigenvalue weighted by atomic mass is 16.3. The molecule has 3 unspecified atom stereocenters. The molecule has 3 aromatic carbocycles. The van der Waals surface area contributed by atoms with Gasteiger partial charge in [-0.15, -0.1) is 0 Å². The van der Waals surface area contributed by atoms with E-state index in [-0.39, 0.29) is 11.5 Å². The van der Waals surface area contributed by atoms with Gasteiger partial charge < -0.3 is 5.11 Å². The molecule has 3 atom stereocenters. The van der Waals surface area contributed by atoms with Gasteiger partial charge in [0.2, 0.25) is 0 Å². The van der Waals surface area contributed by atoms with E-state index in [1.807, 2.05) is 18.2 Å². The van der Waals surface area contributed by atoms with Crippen molar-refractivity contribution in [2.45, 2.75) is 44.6 Å². The number of rotatable bonds is 0. The first kappa shape index (κ1) is 16.6.